The number of amides is 2. The highest BCUT2D eigenvalue weighted by Crippen LogP contribution is 2.35. The highest BCUT2D eigenvalue weighted by atomic mass is 16.7. The zero-order valence-corrected chi connectivity index (χ0v) is 15.1. The first-order valence-corrected chi connectivity index (χ1v) is 8.94. The van der Waals surface area contributed by atoms with Gasteiger partial charge in [-0.15, -0.1) is 0 Å². The van der Waals surface area contributed by atoms with Crippen LogP contribution in [0.5, 0.6) is 11.5 Å². The summed E-state index contributed by atoms with van der Waals surface area (Å²) in [5.74, 6) is 1.10. The third-order valence-corrected chi connectivity index (χ3v) is 4.80. The fourth-order valence-corrected chi connectivity index (χ4v) is 3.39. The Morgan fingerprint density at radius 1 is 1.20 bits per heavy atom. The number of nitrogens with one attached hydrogen (secondary N) is 1. The molecule has 2 heterocycles. The van der Waals surface area contributed by atoms with Crippen molar-refractivity contribution in [1.29, 1.82) is 0 Å². The second kappa shape index (κ2) is 7.33. The molecule has 0 aliphatic carbocycles. The maximum absolute atomic E-state index is 12.9. The number of hydrogen-bond acceptors (Lipinski definition) is 4. The molecule has 0 saturated carbocycles. The number of ether oxygens (including phenoxy) is 2. The van der Waals surface area contributed by atoms with E-state index in [4.69, 9.17) is 9.47 Å². The summed E-state index contributed by atoms with van der Waals surface area (Å²) in [6, 6.07) is 5.74. The number of hydrogen-bond donors (Lipinski definition) is 1. The van der Waals surface area contributed by atoms with Gasteiger partial charge in [0.2, 0.25) is 18.6 Å². The van der Waals surface area contributed by atoms with Crippen molar-refractivity contribution in [2.75, 3.05) is 19.9 Å². The van der Waals surface area contributed by atoms with Gasteiger partial charge in [0.15, 0.2) is 11.5 Å². The molecule has 0 radical (unpaired) electrons. The Bertz CT molecular complexity index is 659. The summed E-state index contributed by atoms with van der Waals surface area (Å²) >= 11 is 0. The van der Waals surface area contributed by atoms with Gasteiger partial charge in [0.1, 0.15) is 0 Å². The number of fused-ring (bicyclic) bond motifs is 1. The lowest BCUT2D eigenvalue weighted by Crippen LogP contribution is -2.47. The second-order valence-corrected chi connectivity index (χ2v) is 7.12. The van der Waals surface area contributed by atoms with Crippen molar-refractivity contribution in [3.8, 4) is 11.5 Å². The van der Waals surface area contributed by atoms with Crippen molar-refractivity contribution in [2.45, 2.75) is 45.6 Å². The van der Waals surface area contributed by atoms with Crippen LogP contribution in [0, 0.1) is 5.92 Å². The number of carbonyl (C=O) groups is 2. The number of piperidine rings is 1. The molecule has 6 nitrogen and oxygen atoms in total. The number of nitrogens with zero attached hydrogens (tertiary/aromatic N) is 1. The Morgan fingerprint density at radius 2 is 1.96 bits per heavy atom. The molecular weight excluding hydrogens is 320 g/mol. The molecule has 2 atom stereocenters. The van der Waals surface area contributed by atoms with E-state index in [1.165, 1.54) is 0 Å². The first kappa shape index (κ1) is 17.6. The van der Waals surface area contributed by atoms with Gasteiger partial charge in [-0.1, -0.05) is 6.07 Å². The van der Waals surface area contributed by atoms with Crippen molar-refractivity contribution in [3.63, 3.8) is 0 Å². The van der Waals surface area contributed by atoms with Crippen molar-refractivity contribution < 1.29 is 19.1 Å². The van der Waals surface area contributed by atoms with Crippen molar-refractivity contribution >= 4 is 11.8 Å². The minimum Gasteiger partial charge on any atom is -0.454 e. The topological polar surface area (TPSA) is 67.9 Å². The molecule has 136 valence electrons. The average molecular weight is 346 g/mol. The monoisotopic (exact) mass is 346 g/mol. The van der Waals surface area contributed by atoms with Crippen LogP contribution in [0.1, 0.15) is 45.1 Å². The first-order chi connectivity index (χ1) is 12.0. The third-order valence-electron chi connectivity index (χ3n) is 4.80. The Morgan fingerprint density at radius 3 is 2.72 bits per heavy atom. The predicted octanol–water partition coefficient (Wildman–Crippen LogP) is 2.28. The molecule has 0 spiro atoms. The van der Waals surface area contributed by atoms with Crippen molar-refractivity contribution in [1.82, 2.24) is 10.2 Å². The Hall–Kier alpha value is -2.24. The molecule has 2 aliphatic heterocycles. The number of carbonyl (C=O) groups excluding carboxylic acids is 2. The van der Waals surface area contributed by atoms with Crippen LogP contribution >= 0.6 is 0 Å². The lowest BCUT2D eigenvalue weighted by molar-refractivity contribution is -0.136. The molecule has 3 rings (SSSR count). The molecule has 1 unspecified atom stereocenters. The van der Waals surface area contributed by atoms with Crippen LogP contribution in [-0.2, 0) is 9.59 Å². The van der Waals surface area contributed by atoms with Crippen LogP contribution in [0.3, 0.4) is 0 Å². The lowest BCUT2D eigenvalue weighted by atomic mass is 9.93. The van der Waals surface area contributed by atoms with Crippen molar-refractivity contribution in [2.24, 2.45) is 5.92 Å². The van der Waals surface area contributed by atoms with Gasteiger partial charge < -0.3 is 19.7 Å². The summed E-state index contributed by atoms with van der Waals surface area (Å²) in [5.41, 5.74) is 0.906. The molecule has 1 fully saturated rings. The van der Waals surface area contributed by atoms with Crippen LogP contribution in [0.4, 0.5) is 0 Å². The molecule has 0 aromatic heterocycles. The van der Waals surface area contributed by atoms with Gasteiger partial charge in [-0.2, -0.15) is 0 Å². The van der Waals surface area contributed by atoms with E-state index >= 15 is 0 Å². The Labute approximate surface area is 148 Å². The molecule has 1 N–H and O–H groups in total. The molecule has 25 heavy (non-hydrogen) atoms. The largest absolute Gasteiger partial charge is 0.454 e. The molecule has 2 aliphatic rings. The fourth-order valence-electron chi connectivity index (χ4n) is 3.39. The quantitative estimate of drug-likeness (QED) is 0.908. The Kier molecular flexibility index (Phi) is 5.16. The number of benzene rings is 1. The van der Waals surface area contributed by atoms with E-state index in [0.29, 0.717) is 24.6 Å². The normalized spacial score (nSPS) is 20.5. The molecule has 1 aromatic carbocycles. The van der Waals surface area contributed by atoms with Gasteiger partial charge in [0.25, 0.3) is 0 Å². The van der Waals surface area contributed by atoms with Gasteiger partial charge in [-0.25, -0.2) is 0 Å². The fraction of sp³-hybridized carbons (Fsp3) is 0.579. The maximum Gasteiger partial charge on any atom is 0.231 e. The Balaban J connectivity index is 1.66. The van der Waals surface area contributed by atoms with Gasteiger partial charge in [-0.3, -0.25) is 9.59 Å². The summed E-state index contributed by atoms with van der Waals surface area (Å²) in [7, 11) is 0. The molecule has 0 bridgehead atoms. The lowest BCUT2D eigenvalue weighted by Gasteiger charge is -2.34. The molecule has 2 amide bonds. The van der Waals surface area contributed by atoms with E-state index < -0.39 is 0 Å². The minimum absolute atomic E-state index is 0.0447. The highest BCUT2D eigenvalue weighted by molar-refractivity contribution is 5.85. The van der Waals surface area contributed by atoms with E-state index in [1.54, 1.807) is 0 Å². The SMILES string of the molecule is CC(C)NC(=O)[C@@H]1CCCN(C(=O)C(C)c2ccc3c(c2)OCO3)C1. The third kappa shape index (κ3) is 3.89. The first-order valence-electron chi connectivity index (χ1n) is 8.94. The predicted molar refractivity (Wildman–Crippen MR) is 93.6 cm³/mol. The van der Waals surface area contributed by atoms with Crippen LogP contribution in [0.2, 0.25) is 0 Å². The second-order valence-electron chi connectivity index (χ2n) is 7.12. The van der Waals surface area contributed by atoms with E-state index in [-0.39, 0.29) is 36.5 Å². The van der Waals surface area contributed by atoms with Gasteiger partial charge >= 0.3 is 0 Å². The smallest absolute Gasteiger partial charge is 0.231 e. The minimum atomic E-state index is -0.276. The average Bonchev–Trinajstić information content (AvgIpc) is 3.07. The highest BCUT2D eigenvalue weighted by Gasteiger charge is 2.31. The van der Waals surface area contributed by atoms with E-state index in [1.807, 2.05) is 43.9 Å². The summed E-state index contributed by atoms with van der Waals surface area (Å²) in [6.07, 6.45) is 1.69. The maximum atomic E-state index is 12.9. The summed E-state index contributed by atoms with van der Waals surface area (Å²) in [5, 5.41) is 2.95. The summed E-state index contributed by atoms with van der Waals surface area (Å²) in [6.45, 7) is 7.22. The standard InChI is InChI=1S/C19H26N2O4/c1-12(2)20-18(22)15-5-4-8-21(10-15)19(23)13(3)14-6-7-16-17(9-14)25-11-24-16/h6-7,9,12-13,15H,4-5,8,10-11H2,1-3H3,(H,20,22)/t13?,15-/m1/s1. The van der Waals surface area contributed by atoms with E-state index in [2.05, 4.69) is 5.32 Å². The zero-order chi connectivity index (χ0) is 18.0. The van der Waals surface area contributed by atoms with Crippen molar-refractivity contribution in [3.05, 3.63) is 23.8 Å². The molecule has 6 heteroatoms. The van der Waals surface area contributed by atoms with E-state index in [9.17, 15) is 9.59 Å². The van der Waals surface area contributed by atoms with Gasteiger partial charge in [0, 0.05) is 19.1 Å². The van der Waals surface area contributed by atoms with E-state index in [0.717, 1.165) is 18.4 Å². The van der Waals surface area contributed by atoms with Crippen LogP contribution < -0.4 is 14.8 Å². The number of rotatable bonds is 4. The van der Waals surface area contributed by atoms with Gasteiger partial charge in [-0.05, 0) is 51.3 Å². The van der Waals surface area contributed by atoms with Crippen LogP contribution in [0.25, 0.3) is 0 Å². The molecule has 1 aromatic rings. The van der Waals surface area contributed by atoms with Crippen LogP contribution in [0.15, 0.2) is 18.2 Å². The molecular formula is C19H26N2O4. The molecule has 1 saturated heterocycles. The van der Waals surface area contributed by atoms with Gasteiger partial charge in [0.05, 0.1) is 11.8 Å². The number of likely N-dealkylation sites (tertiary alicyclic amines) is 1. The van der Waals surface area contributed by atoms with Crippen LogP contribution in [-0.4, -0.2) is 42.6 Å². The summed E-state index contributed by atoms with van der Waals surface area (Å²) in [4.78, 5) is 27.0. The summed E-state index contributed by atoms with van der Waals surface area (Å²) < 4.78 is 10.7. The zero-order valence-electron chi connectivity index (χ0n) is 15.1.